The molecule has 0 radical (unpaired) electrons. The second kappa shape index (κ2) is 15.3. The van der Waals surface area contributed by atoms with E-state index < -0.39 is 74.5 Å². The molecule has 4 atom stereocenters. The first-order valence-electron chi connectivity index (χ1n) is 19.7. The van der Waals surface area contributed by atoms with Crippen molar-refractivity contribution < 1.29 is 50.1 Å². The van der Waals surface area contributed by atoms with Gasteiger partial charge < -0.3 is 19.1 Å². The fourth-order valence-corrected chi connectivity index (χ4v) is 10.5. The van der Waals surface area contributed by atoms with Crippen LogP contribution >= 0.6 is 23.1 Å². The molecule has 0 spiro atoms. The molecule has 324 valence electrons. The maximum Gasteiger partial charge on any atom is 0.446 e. The van der Waals surface area contributed by atoms with Crippen LogP contribution in [0.5, 0.6) is 6.01 Å². The first-order chi connectivity index (χ1) is 28.1. The van der Waals surface area contributed by atoms with Crippen molar-refractivity contribution in [3.8, 4) is 17.1 Å². The summed E-state index contributed by atoms with van der Waals surface area (Å²) in [5.41, 5.74) is -8.45. The summed E-state index contributed by atoms with van der Waals surface area (Å²) in [5, 5.41) is 2.26. The Morgan fingerprint density at radius 1 is 0.967 bits per heavy atom. The van der Waals surface area contributed by atoms with Crippen molar-refractivity contribution in [2.24, 2.45) is 0 Å². The van der Waals surface area contributed by atoms with E-state index in [4.69, 9.17) is 19.2 Å². The van der Waals surface area contributed by atoms with Gasteiger partial charge in [0.25, 0.3) is 0 Å². The summed E-state index contributed by atoms with van der Waals surface area (Å²) in [7, 11) is 0. The Balaban J connectivity index is 1.26. The summed E-state index contributed by atoms with van der Waals surface area (Å²) in [6.45, 7) is 11.6. The molecule has 0 saturated carbocycles. The smallest absolute Gasteiger partial charge is 0.446 e. The molecule has 2 bridgehead atoms. The van der Waals surface area contributed by atoms with E-state index in [9.17, 15) is 27.2 Å². The number of alkyl halides is 4. The van der Waals surface area contributed by atoms with Crippen molar-refractivity contribution >= 4 is 67.4 Å². The average molecular weight is 882 g/mol. The van der Waals surface area contributed by atoms with Gasteiger partial charge in [0.15, 0.2) is 10.9 Å². The van der Waals surface area contributed by atoms with Gasteiger partial charge in [-0.3, -0.25) is 15.1 Å². The zero-order valence-electron chi connectivity index (χ0n) is 33.8. The van der Waals surface area contributed by atoms with Gasteiger partial charge in [-0.15, -0.1) is 0 Å². The molecule has 0 aliphatic carbocycles. The number of piperazine rings is 1. The number of ether oxygens (including phenoxy) is 3. The van der Waals surface area contributed by atoms with Crippen LogP contribution in [0.4, 0.5) is 46.9 Å². The second-order valence-electron chi connectivity index (χ2n) is 17.8. The number of thioether (sulfide) groups is 1. The summed E-state index contributed by atoms with van der Waals surface area (Å²) >= 11 is 0.150. The highest BCUT2D eigenvalue weighted by atomic mass is 32.2. The van der Waals surface area contributed by atoms with E-state index in [-0.39, 0.29) is 88.4 Å². The summed E-state index contributed by atoms with van der Waals surface area (Å²) in [5.74, 6) is -1.86. The molecule has 2 unspecified atom stereocenters. The van der Waals surface area contributed by atoms with Gasteiger partial charge in [0, 0.05) is 47.5 Å². The van der Waals surface area contributed by atoms with Crippen LogP contribution in [0.1, 0.15) is 73.6 Å². The SMILES string of the molecule is CC(C)(C)OC(=O)Nc1nc2c(-c3c(SC(F)(F)F)cc4c(N5CC6CCC(C5)N6C(=O)OC(C)(C)C)nc(OC[C@@]56CCCN5C[C@H](F)C6)nc4c3F)ccc(F)c2s1. The minimum atomic E-state index is -4.90. The Bertz CT molecular complexity index is 2340. The van der Waals surface area contributed by atoms with Crippen molar-refractivity contribution in [1.82, 2.24) is 24.8 Å². The van der Waals surface area contributed by atoms with Crippen LogP contribution in [0, 0.1) is 11.6 Å². The van der Waals surface area contributed by atoms with Gasteiger partial charge in [0.2, 0.25) is 0 Å². The summed E-state index contributed by atoms with van der Waals surface area (Å²) < 4.78 is 108. The molecule has 4 fully saturated rings. The van der Waals surface area contributed by atoms with Crippen molar-refractivity contribution in [3.63, 3.8) is 0 Å². The van der Waals surface area contributed by atoms with E-state index in [1.54, 1.807) is 51.3 Å². The summed E-state index contributed by atoms with van der Waals surface area (Å²) in [6, 6.07) is 2.35. The third kappa shape index (κ3) is 8.47. The molecule has 8 rings (SSSR count). The van der Waals surface area contributed by atoms with E-state index in [2.05, 4.69) is 15.3 Å². The predicted molar refractivity (Wildman–Crippen MR) is 215 cm³/mol. The van der Waals surface area contributed by atoms with Crippen molar-refractivity contribution in [3.05, 3.63) is 29.8 Å². The van der Waals surface area contributed by atoms with Crippen LogP contribution in [0.25, 0.3) is 32.2 Å². The monoisotopic (exact) mass is 881 g/mol. The van der Waals surface area contributed by atoms with Crippen LogP contribution < -0.4 is 15.0 Å². The molecule has 4 aromatic rings. The minimum Gasteiger partial charge on any atom is -0.461 e. The molecule has 4 aliphatic heterocycles. The number of hydrogen-bond donors (Lipinski definition) is 1. The Labute approximate surface area is 350 Å². The minimum absolute atomic E-state index is 0.00262. The largest absolute Gasteiger partial charge is 0.461 e. The first-order valence-corrected chi connectivity index (χ1v) is 21.4. The molecule has 4 saturated heterocycles. The number of benzene rings is 2. The zero-order chi connectivity index (χ0) is 43.1. The first kappa shape index (κ1) is 42.4. The van der Waals surface area contributed by atoms with Crippen LogP contribution in [0.15, 0.2) is 23.1 Å². The average Bonchev–Trinajstić information content (AvgIpc) is 3.86. The molecule has 1 N–H and O–H groups in total. The van der Waals surface area contributed by atoms with Gasteiger partial charge in [0.05, 0.1) is 27.8 Å². The van der Waals surface area contributed by atoms with Gasteiger partial charge in [-0.2, -0.15) is 23.1 Å². The summed E-state index contributed by atoms with van der Waals surface area (Å²) in [4.78, 5) is 44.4. The molecule has 12 nitrogen and oxygen atoms in total. The quantitative estimate of drug-likeness (QED) is 0.141. The lowest BCUT2D eigenvalue weighted by molar-refractivity contribution is -0.0328. The Hall–Kier alpha value is -4.30. The number of carbonyl (C=O) groups is 2. The van der Waals surface area contributed by atoms with Crippen molar-refractivity contribution in [2.45, 2.75) is 119 Å². The maximum atomic E-state index is 17.6. The van der Waals surface area contributed by atoms with Gasteiger partial charge in [-0.25, -0.2) is 27.7 Å². The highest BCUT2D eigenvalue weighted by Crippen LogP contribution is 2.49. The van der Waals surface area contributed by atoms with Crippen molar-refractivity contribution in [1.29, 1.82) is 0 Å². The van der Waals surface area contributed by atoms with Crippen LogP contribution in [-0.2, 0) is 9.47 Å². The fraction of sp³-hybridized carbons (Fsp3) is 0.575. The van der Waals surface area contributed by atoms with Gasteiger partial charge in [0.1, 0.15) is 41.1 Å². The standard InChI is InChI=1S/C40H45F6N7O5S2/c1-37(2,3)57-35(54)50-34-48-30-23(10-11-25(42)31(30)59-34)27-26(60-40(44,45)46)14-24-29(28(27)43)47-33(56-19-39-12-7-13-52(39)16-20(41)15-39)49-32(24)51-17-21-8-9-22(18-51)53(21)36(55)58-38(4,5)6/h10-11,14,20-22H,7-9,12-13,15-19H2,1-6H3,(H,48,50,54)/t20-,21?,22?,39+/m1/s1. The highest BCUT2D eigenvalue weighted by Gasteiger charge is 2.50. The van der Waals surface area contributed by atoms with Crippen LogP contribution in [0.3, 0.4) is 0 Å². The molecule has 2 aromatic carbocycles. The van der Waals surface area contributed by atoms with E-state index in [1.165, 1.54) is 0 Å². The Morgan fingerprint density at radius 2 is 1.67 bits per heavy atom. The lowest BCUT2D eigenvalue weighted by Gasteiger charge is -2.42. The van der Waals surface area contributed by atoms with Crippen LogP contribution in [-0.4, -0.2) is 110 Å². The number of nitrogens with zero attached hydrogens (tertiary/aromatic N) is 6. The molecule has 2 aromatic heterocycles. The number of halogens is 6. The second-order valence-corrected chi connectivity index (χ2v) is 19.9. The topological polar surface area (TPSA) is 122 Å². The summed E-state index contributed by atoms with van der Waals surface area (Å²) in [6.07, 6.45) is 0.556. The predicted octanol–water partition coefficient (Wildman–Crippen LogP) is 9.69. The van der Waals surface area contributed by atoms with E-state index in [1.807, 2.05) is 4.90 Å². The number of hydrogen-bond acceptors (Lipinski definition) is 12. The number of anilines is 2. The van der Waals surface area contributed by atoms with Crippen molar-refractivity contribution in [2.75, 3.05) is 43.0 Å². The van der Waals surface area contributed by atoms with Gasteiger partial charge in [-0.05, 0) is 104 Å². The third-order valence-corrected chi connectivity index (χ3v) is 12.8. The van der Waals surface area contributed by atoms with Gasteiger partial charge in [-0.1, -0.05) is 11.3 Å². The Kier molecular flexibility index (Phi) is 10.8. The van der Waals surface area contributed by atoms with E-state index in [0.717, 1.165) is 24.6 Å². The fourth-order valence-electron chi connectivity index (χ4n) is 8.89. The maximum absolute atomic E-state index is 17.6. The zero-order valence-corrected chi connectivity index (χ0v) is 35.5. The third-order valence-electron chi connectivity index (χ3n) is 11.1. The normalized spacial score (nSPS) is 23.4. The Morgan fingerprint density at radius 3 is 2.33 bits per heavy atom. The molecule has 2 amide bonds. The van der Waals surface area contributed by atoms with Gasteiger partial charge >= 0.3 is 23.7 Å². The highest BCUT2D eigenvalue weighted by molar-refractivity contribution is 8.00. The number of amides is 2. The number of fused-ring (bicyclic) bond motifs is 5. The lowest BCUT2D eigenvalue weighted by Crippen LogP contribution is -2.57. The number of thiazole rings is 1. The number of nitrogens with one attached hydrogen (secondary N) is 1. The molecular formula is C40H45F6N7O5S2. The van der Waals surface area contributed by atoms with E-state index >= 15 is 8.78 Å². The number of aromatic nitrogens is 3. The lowest BCUT2D eigenvalue weighted by atomic mass is 9.95. The number of carbonyl (C=O) groups excluding carboxylic acids is 2. The molecule has 20 heteroatoms. The number of rotatable bonds is 7. The molecule has 4 aliphatic rings. The molecule has 6 heterocycles. The van der Waals surface area contributed by atoms with E-state index in [0.29, 0.717) is 37.1 Å². The van der Waals surface area contributed by atoms with Crippen LogP contribution in [0.2, 0.25) is 0 Å². The molecule has 60 heavy (non-hydrogen) atoms. The molecular weight excluding hydrogens is 837 g/mol.